The topological polar surface area (TPSA) is 46.4 Å². The summed E-state index contributed by atoms with van der Waals surface area (Å²) in [4.78, 5) is 16.6. The number of rotatable bonds is 4. The molecule has 0 saturated heterocycles. The first kappa shape index (κ1) is 14.1. The third-order valence-corrected chi connectivity index (χ3v) is 4.31. The van der Waals surface area contributed by atoms with Crippen LogP contribution >= 0.6 is 0 Å². The van der Waals surface area contributed by atoms with Gasteiger partial charge in [0.15, 0.2) is 0 Å². The number of carbonyl (C=O) groups excluding carboxylic acids is 1. The molecule has 0 aromatic carbocycles. The van der Waals surface area contributed by atoms with E-state index in [-0.39, 0.29) is 11.8 Å². The fourth-order valence-corrected chi connectivity index (χ4v) is 3.10. The lowest BCUT2D eigenvalue weighted by atomic mass is 9.89. The van der Waals surface area contributed by atoms with E-state index in [9.17, 15) is 4.79 Å². The first-order chi connectivity index (χ1) is 10.2. The average molecular weight is 285 g/mol. The monoisotopic (exact) mass is 285 g/mol. The molecule has 0 spiro atoms. The summed E-state index contributed by atoms with van der Waals surface area (Å²) in [7, 11) is 0. The van der Waals surface area contributed by atoms with Gasteiger partial charge in [-0.1, -0.05) is 25.3 Å². The molecule has 0 radical (unpaired) electrons. The van der Waals surface area contributed by atoms with Crippen LogP contribution in [0.25, 0.3) is 5.65 Å². The Labute approximate surface area is 125 Å². The molecule has 1 aliphatic rings. The first-order valence-electron chi connectivity index (χ1n) is 7.94. The Kier molecular flexibility index (Phi) is 4.23. The van der Waals surface area contributed by atoms with Crippen LogP contribution in [0, 0.1) is 12.8 Å². The zero-order chi connectivity index (χ0) is 14.7. The van der Waals surface area contributed by atoms with Crippen LogP contribution < -0.4 is 5.32 Å². The number of pyridine rings is 1. The smallest absolute Gasteiger partial charge is 0.223 e. The number of hydrogen-bond acceptors (Lipinski definition) is 2. The van der Waals surface area contributed by atoms with E-state index in [4.69, 9.17) is 0 Å². The molecule has 1 N–H and O–H groups in total. The molecule has 4 nitrogen and oxygen atoms in total. The number of aryl methyl sites for hydroxylation is 1. The molecule has 4 heteroatoms. The van der Waals surface area contributed by atoms with Crippen molar-refractivity contribution in [2.75, 3.05) is 6.54 Å². The van der Waals surface area contributed by atoms with Crippen molar-refractivity contribution in [3.05, 3.63) is 35.8 Å². The maximum absolute atomic E-state index is 12.1. The van der Waals surface area contributed by atoms with E-state index in [0.29, 0.717) is 6.54 Å². The molecular formula is C17H23N3O. The maximum atomic E-state index is 12.1. The van der Waals surface area contributed by atoms with Gasteiger partial charge in [-0.25, -0.2) is 4.98 Å². The van der Waals surface area contributed by atoms with Crippen LogP contribution in [0.1, 0.15) is 43.4 Å². The summed E-state index contributed by atoms with van der Waals surface area (Å²) in [6, 6.07) is 4.09. The number of aromatic nitrogens is 2. The van der Waals surface area contributed by atoms with Gasteiger partial charge in [-0.2, -0.15) is 0 Å². The quantitative estimate of drug-likeness (QED) is 0.939. The maximum Gasteiger partial charge on any atom is 0.223 e. The minimum absolute atomic E-state index is 0.231. The molecule has 0 atom stereocenters. The van der Waals surface area contributed by atoms with Crippen molar-refractivity contribution >= 4 is 11.6 Å². The Morgan fingerprint density at radius 1 is 1.29 bits per heavy atom. The highest BCUT2D eigenvalue weighted by atomic mass is 16.1. The summed E-state index contributed by atoms with van der Waals surface area (Å²) in [5.41, 5.74) is 3.22. The zero-order valence-electron chi connectivity index (χ0n) is 12.6. The highest BCUT2D eigenvalue weighted by Gasteiger charge is 2.20. The van der Waals surface area contributed by atoms with Crippen LogP contribution in [0.2, 0.25) is 0 Å². The summed E-state index contributed by atoms with van der Waals surface area (Å²) in [5.74, 6) is 0.469. The largest absolute Gasteiger partial charge is 0.355 e. The van der Waals surface area contributed by atoms with Crippen molar-refractivity contribution in [3.63, 3.8) is 0 Å². The fourth-order valence-electron chi connectivity index (χ4n) is 3.10. The number of carbonyl (C=O) groups is 1. The predicted octanol–water partition coefficient (Wildman–Crippen LogP) is 2.88. The highest BCUT2D eigenvalue weighted by Crippen LogP contribution is 2.23. The summed E-state index contributed by atoms with van der Waals surface area (Å²) in [6.07, 6.45) is 10.7. The van der Waals surface area contributed by atoms with Gasteiger partial charge < -0.3 is 9.72 Å². The summed E-state index contributed by atoms with van der Waals surface area (Å²) in [6.45, 7) is 2.75. The van der Waals surface area contributed by atoms with Gasteiger partial charge in [0.1, 0.15) is 5.65 Å². The Morgan fingerprint density at radius 3 is 2.90 bits per heavy atom. The molecular weight excluding hydrogens is 262 g/mol. The van der Waals surface area contributed by atoms with E-state index in [1.165, 1.54) is 24.8 Å². The molecule has 1 aliphatic carbocycles. The van der Waals surface area contributed by atoms with Crippen LogP contribution in [0.3, 0.4) is 0 Å². The third kappa shape index (κ3) is 3.43. The molecule has 2 heterocycles. The Bertz CT molecular complexity index is 626. The van der Waals surface area contributed by atoms with Gasteiger partial charge in [0, 0.05) is 31.3 Å². The molecule has 2 aromatic rings. The Morgan fingerprint density at radius 2 is 2.10 bits per heavy atom. The van der Waals surface area contributed by atoms with Crippen LogP contribution in [0.4, 0.5) is 0 Å². The van der Waals surface area contributed by atoms with Crippen molar-refractivity contribution in [1.29, 1.82) is 0 Å². The van der Waals surface area contributed by atoms with Crippen molar-refractivity contribution < 1.29 is 4.79 Å². The Balaban J connectivity index is 1.53. The lowest BCUT2D eigenvalue weighted by Gasteiger charge is -2.20. The first-order valence-corrected chi connectivity index (χ1v) is 7.94. The van der Waals surface area contributed by atoms with Crippen molar-refractivity contribution in [2.24, 2.45) is 5.92 Å². The van der Waals surface area contributed by atoms with Crippen LogP contribution in [-0.4, -0.2) is 21.8 Å². The normalized spacial score (nSPS) is 16.2. The van der Waals surface area contributed by atoms with Crippen LogP contribution in [0.15, 0.2) is 24.5 Å². The number of hydrogen-bond donors (Lipinski definition) is 1. The number of imidazole rings is 1. The summed E-state index contributed by atoms with van der Waals surface area (Å²) in [5, 5.41) is 3.07. The lowest BCUT2D eigenvalue weighted by Crippen LogP contribution is -2.33. The van der Waals surface area contributed by atoms with Gasteiger partial charge in [-0.05, 0) is 31.4 Å². The van der Waals surface area contributed by atoms with E-state index in [1.807, 2.05) is 10.5 Å². The van der Waals surface area contributed by atoms with Gasteiger partial charge >= 0.3 is 0 Å². The minimum atomic E-state index is 0.231. The average Bonchev–Trinajstić information content (AvgIpc) is 2.89. The molecule has 0 bridgehead atoms. The van der Waals surface area contributed by atoms with Crippen LogP contribution in [-0.2, 0) is 11.2 Å². The van der Waals surface area contributed by atoms with E-state index >= 15 is 0 Å². The minimum Gasteiger partial charge on any atom is -0.355 e. The van der Waals surface area contributed by atoms with E-state index in [1.54, 1.807) is 0 Å². The molecule has 1 fully saturated rings. The molecule has 2 aromatic heterocycles. The van der Waals surface area contributed by atoms with Crippen molar-refractivity contribution in [1.82, 2.24) is 14.7 Å². The summed E-state index contributed by atoms with van der Waals surface area (Å²) < 4.78 is 2.05. The van der Waals surface area contributed by atoms with Gasteiger partial charge in [0.2, 0.25) is 5.91 Å². The molecule has 1 amide bonds. The molecule has 1 saturated carbocycles. The Hall–Kier alpha value is -1.84. The highest BCUT2D eigenvalue weighted by molar-refractivity contribution is 5.78. The number of fused-ring (bicyclic) bond motifs is 1. The van der Waals surface area contributed by atoms with E-state index in [2.05, 4.69) is 35.7 Å². The summed E-state index contributed by atoms with van der Waals surface area (Å²) >= 11 is 0. The van der Waals surface area contributed by atoms with E-state index < -0.39 is 0 Å². The van der Waals surface area contributed by atoms with Crippen LogP contribution in [0.5, 0.6) is 0 Å². The molecule has 3 rings (SSSR count). The standard InChI is InChI=1S/C17H23N3O/c1-13-7-8-16-19-15(12-20(16)11-13)9-10-18-17(21)14-5-3-2-4-6-14/h7-8,11-12,14H,2-6,9-10H2,1H3,(H,18,21). The second-order valence-electron chi connectivity index (χ2n) is 6.08. The molecule has 21 heavy (non-hydrogen) atoms. The number of nitrogens with one attached hydrogen (secondary N) is 1. The van der Waals surface area contributed by atoms with Gasteiger partial charge in [0.25, 0.3) is 0 Å². The second kappa shape index (κ2) is 6.29. The number of amides is 1. The van der Waals surface area contributed by atoms with Gasteiger partial charge in [0.05, 0.1) is 5.69 Å². The van der Waals surface area contributed by atoms with Crippen molar-refractivity contribution in [3.8, 4) is 0 Å². The fraction of sp³-hybridized carbons (Fsp3) is 0.529. The molecule has 112 valence electrons. The van der Waals surface area contributed by atoms with Gasteiger partial charge in [-0.15, -0.1) is 0 Å². The predicted molar refractivity (Wildman–Crippen MR) is 83.2 cm³/mol. The third-order valence-electron chi connectivity index (χ3n) is 4.31. The SMILES string of the molecule is Cc1ccc2nc(CCNC(=O)C3CCCCC3)cn2c1. The van der Waals surface area contributed by atoms with Crippen molar-refractivity contribution in [2.45, 2.75) is 45.4 Å². The second-order valence-corrected chi connectivity index (χ2v) is 6.08. The lowest BCUT2D eigenvalue weighted by molar-refractivity contribution is -0.125. The molecule has 0 unspecified atom stereocenters. The number of nitrogens with zero attached hydrogens (tertiary/aromatic N) is 2. The molecule has 0 aliphatic heterocycles. The van der Waals surface area contributed by atoms with E-state index in [0.717, 1.165) is 30.6 Å². The zero-order valence-corrected chi connectivity index (χ0v) is 12.6. The van der Waals surface area contributed by atoms with Gasteiger partial charge in [-0.3, -0.25) is 4.79 Å².